The molecule has 4 aliphatic rings. The van der Waals surface area contributed by atoms with E-state index in [1.54, 1.807) is 0 Å². The highest BCUT2D eigenvalue weighted by atomic mass is 35.5. The van der Waals surface area contributed by atoms with E-state index >= 15 is 0 Å². The molecule has 3 unspecified atom stereocenters. The molecule has 3 heterocycles. The first kappa shape index (κ1) is 18.3. The molecule has 4 rings (SSSR count). The van der Waals surface area contributed by atoms with Crippen molar-refractivity contribution in [2.24, 2.45) is 5.92 Å². The molecule has 0 spiro atoms. The van der Waals surface area contributed by atoms with Crippen molar-refractivity contribution < 1.29 is 4.79 Å². The fourth-order valence-electron chi connectivity index (χ4n) is 4.57. The predicted octanol–water partition coefficient (Wildman–Crippen LogP) is 2.10. The molecular weight excluding hydrogens is 321 g/mol. The highest BCUT2D eigenvalue weighted by Crippen LogP contribution is 2.33. The number of carbonyl (C=O) groups excluding carboxylic acids is 1. The topological polar surface area (TPSA) is 44.4 Å². The fraction of sp³-hybridized carbons (Fsp3) is 0.938. The van der Waals surface area contributed by atoms with E-state index in [2.05, 4.69) is 15.5 Å². The van der Waals surface area contributed by atoms with Crippen LogP contribution in [0.1, 0.15) is 51.4 Å². The molecule has 128 valence electrons. The summed E-state index contributed by atoms with van der Waals surface area (Å²) in [6.07, 6.45) is 9.72. The molecule has 1 amide bonds. The average molecular weight is 350 g/mol. The van der Waals surface area contributed by atoms with Gasteiger partial charge in [0.15, 0.2) is 0 Å². The third-order valence-corrected chi connectivity index (χ3v) is 5.69. The Balaban J connectivity index is 0.000000882. The van der Waals surface area contributed by atoms with E-state index < -0.39 is 0 Å². The molecule has 0 radical (unpaired) electrons. The molecule has 3 aliphatic heterocycles. The van der Waals surface area contributed by atoms with E-state index in [0.29, 0.717) is 30.0 Å². The molecule has 3 saturated heterocycles. The number of hydrogen-bond donors (Lipinski definition) is 2. The molecule has 0 aromatic carbocycles. The summed E-state index contributed by atoms with van der Waals surface area (Å²) < 4.78 is 0. The van der Waals surface area contributed by atoms with Crippen LogP contribution in [0.5, 0.6) is 0 Å². The van der Waals surface area contributed by atoms with Gasteiger partial charge in [-0.1, -0.05) is 0 Å². The second-order valence-electron chi connectivity index (χ2n) is 7.46. The molecule has 2 bridgehead atoms. The van der Waals surface area contributed by atoms with Crippen molar-refractivity contribution in [1.29, 1.82) is 0 Å². The van der Waals surface area contributed by atoms with Crippen LogP contribution in [0.15, 0.2) is 0 Å². The van der Waals surface area contributed by atoms with E-state index in [9.17, 15) is 4.79 Å². The summed E-state index contributed by atoms with van der Waals surface area (Å²) >= 11 is 0. The Morgan fingerprint density at radius 2 is 1.73 bits per heavy atom. The molecule has 4 fully saturated rings. The first-order chi connectivity index (χ1) is 9.76. The lowest BCUT2D eigenvalue weighted by Crippen LogP contribution is -2.42. The number of piperidine rings is 1. The maximum absolute atomic E-state index is 12.2. The number of amides is 1. The quantitative estimate of drug-likeness (QED) is 0.816. The lowest BCUT2D eigenvalue weighted by Gasteiger charge is -2.29. The molecule has 1 saturated carbocycles. The van der Waals surface area contributed by atoms with Crippen LogP contribution in [0.4, 0.5) is 0 Å². The van der Waals surface area contributed by atoms with Crippen LogP contribution in [0.3, 0.4) is 0 Å². The molecule has 22 heavy (non-hydrogen) atoms. The standard InChI is InChI=1S/C16H27N3O.2ClH/c20-16(9-11-7-12-1-2-13(8-11)17-12)18-14-5-6-19(10-14)15-3-4-15;;/h11-15,17H,1-10H2,(H,18,20);2*1H. The molecule has 0 aromatic rings. The van der Waals surface area contributed by atoms with Gasteiger partial charge in [0.25, 0.3) is 0 Å². The van der Waals surface area contributed by atoms with Crippen LogP contribution in [0.2, 0.25) is 0 Å². The Bertz CT molecular complexity index is 380. The Hall–Kier alpha value is -0.0300. The third kappa shape index (κ3) is 4.28. The van der Waals surface area contributed by atoms with E-state index in [4.69, 9.17) is 0 Å². The maximum atomic E-state index is 12.2. The lowest BCUT2D eigenvalue weighted by atomic mass is 9.89. The molecule has 2 N–H and O–H groups in total. The zero-order chi connectivity index (χ0) is 13.5. The lowest BCUT2D eigenvalue weighted by molar-refractivity contribution is -0.122. The van der Waals surface area contributed by atoms with Crippen molar-refractivity contribution in [3.05, 3.63) is 0 Å². The fourth-order valence-corrected chi connectivity index (χ4v) is 4.57. The first-order valence-electron chi connectivity index (χ1n) is 8.56. The summed E-state index contributed by atoms with van der Waals surface area (Å²) in [7, 11) is 0. The number of hydrogen-bond acceptors (Lipinski definition) is 3. The number of nitrogens with zero attached hydrogens (tertiary/aromatic N) is 1. The van der Waals surface area contributed by atoms with Crippen LogP contribution in [0, 0.1) is 5.92 Å². The SMILES string of the molecule is Cl.Cl.O=C(CC1CC2CCC(C1)N2)NC1CCN(C2CC2)C1. The molecule has 6 heteroatoms. The van der Waals surface area contributed by atoms with Crippen molar-refractivity contribution in [3.8, 4) is 0 Å². The Morgan fingerprint density at radius 1 is 1.05 bits per heavy atom. The van der Waals surface area contributed by atoms with Gasteiger partial charge in [0.1, 0.15) is 0 Å². The van der Waals surface area contributed by atoms with Crippen LogP contribution in [-0.2, 0) is 4.79 Å². The number of rotatable bonds is 4. The highest BCUT2D eigenvalue weighted by molar-refractivity contribution is 5.85. The molecular formula is C16H29Cl2N3O. The van der Waals surface area contributed by atoms with Gasteiger partial charge in [-0.3, -0.25) is 9.69 Å². The van der Waals surface area contributed by atoms with Crippen LogP contribution in [0.25, 0.3) is 0 Å². The minimum Gasteiger partial charge on any atom is -0.352 e. The van der Waals surface area contributed by atoms with E-state index in [0.717, 1.165) is 25.4 Å². The molecule has 0 aromatic heterocycles. The summed E-state index contributed by atoms with van der Waals surface area (Å²) in [4.78, 5) is 14.8. The number of nitrogens with one attached hydrogen (secondary N) is 2. The summed E-state index contributed by atoms with van der Waals surface area (Å²) in [6.45, 7) is 2.28. The zero-order valence-electron chi connectivity index (χ0n) is 13.1. The maximum Gasteiger partial charge on any atom is 0.220 e. The van der Waals surface area contributed by atoms with Gasteiger partial charge < -0.3 is 10.6 Å². The molecule has 1 aliphatic carbocycles. The normalized spacial score (nSPS) is 37.3. The third-order valence-electron chi connectivity index (χ3n) is 5.69. The Kier molecular flexibility index (Phi) is 6.40. The van der Waals surface area contributed by atoms with Gasteiger partial charge in [-0.05, 0) is 50.9 Å². The van der Waals surface area contributed by atoms with Crippen molar-refractivity contribution in [1.82, 2.24) is 15.5 Å². The van der Waals surface area contributed by atoms with Crippen molar-refractivity contribution in [2.75, 3.05) is 13.1 Å². The van der Waals surface area contributed by atoms with Gasteiger partial charge in [-0.2, -0.15) is 0 Å². The second kappa shape index (κ2) is 7.69. The number of carbonyl (C=O) groups is 1. The van der Waals surface area contributed by atoms with E-state index in [1.807, 2.05) is 0 Å². The Labute approximate surface area is 146 Å². The largest absolute Gasteiger partial charge is 0.352 e. The minimum atomic E-state index is 0. The van der Waals surface area contributed by atoms with Gasteiger partial charge in [-0.25, -0.2) is 0 Å². The average Bonchev–Trinajstić information content (AvgIpc) is 3.08. The summed E-state index contributed by atoms with van der Waals surface area (Å²) in [5, 5.41) is 6.94. The number of halogens is 2. The van der Waals surface area contributed by atoms with Crippen molar-refractivity contribution >= 4 is 30.7 Å². The van der Waals surface area contributed by atoms with Gasteiger partial charge in [-0.15, -0.1) is 24.8 Å². The number of likely N-dealkylation sites (tertiary alicyclic amines) is 1. The summed E-state index contributed by atoms with van der Waals surface area (Å²) in [6, 6.07) is 2.66. The monoisotopic (exact) mass is 349 g/mol. The van der Waals surface area contributed by atoms with Crippen LogP contribution < -0.4 is 10.6 Å². The van der Waals surface area contributed by atoms with Gasteiger partial charge in [0.2, 0.25) is 5.91 Å². The summed E-state index contributed by atoms with van der Waals surface area (Å²) in [5.74, 6) is 0.925. The van der Waals surface area contributed by atoms with Gasteiger partial charge in [0, 0.05) is 43.7 Å². The molecule has 4 nitrogen and oxygen atoms in total. The minimum absolute atomic E-state index is 0. The van der Waals surface area contributed by atoms with Gasteiger partial charge >= 0.3 is 0 Å². The van der Waals surface area contributed by atoms with Crippen LogP contribution >= 0.6 is 24.8 Å². The first-order valence-corrected chi connectivity index (χ1v) is 8.56. The summed E-state index contributed by atoms with van der Waals surface area (Å²) in [5.41, 5.74) is 0. The Morgan fingerprint density at radius 3 is 2.36 bits per heavy atom. The van der Waals surface area contributed by atoms with Gasteiger partial charge in [0.05, 0.1) is 0 Å². The number of fused-ring (bicyclic) bond motifs is 2. The van der Waals surface area contributed by atoms with Crippen molar-refractivity contribution in [2.45, 2.75) is 75.5 Å². The second-order valence-corrected chi connectivity index (χ2v) is 7.46. The predicted molar refractivity (Wildman–Crippen MR) is 92.9 cm³/mol. The zero-order valence-corrected chi connectivity index (χ0v) is 14.8. The van der Waals surface area contributed by atoms with Crippen molar-refractivity contribution in [3.63, 3.8) is 0 Å². The molecule has 3 atom stereocenters. The van der Waals surface area contributed by atoms with E-state index in [-0.39, 0.29) is 24.8 Å². The van der Waals surface area contributed by atoms with Crippen LogP contribution in [-0.4, -0.2) is 48.1 Å². The smallest absolute Gasteiger partial charge is 0.220 e. The van der Waals surface area contributed by atoms with E-state index in [1.165, 1.54) is 45.1 Å². The highest BCUT2D eigenvalue weighted by Gasteiger charge is 2.36.